The molecule has 7 heteroatoms. The van der Waals surface area contributed by atoms with Gasteiger partial charge in [-0.15, -0.1) is 0 Å². The predicted octanol–water partition coefficient (Wildman–Crippen LogP) is 4.23. The summed E-state index contributed by atoms with van der Waals surface area (Å²) < 4.78 is 15.6. The molecule has 0 radical (unpaired) electrons. The summed E-state index contributed by atoms with van der Waals surface area (Å²) in [5.74, 6) is -0.138. The van der Waals surface area contributed by atoms with E-state index in [2.05, 4.69) is 5.32 Å². The molecule has 0 spiro atoms. The Hall–Kier alpha value is -3.25. The van der Waals surface area contributed by atoms with Crippen LogP contribution in [-0.4, -0.2) is 24.6 Å². The molecular formula is C22H20ClNO5. The van der Waals surface area contributed by atoms with Gasteiger partial charge in [0.15, 0.2) is 12.7 Å². The Balaban J connectivity index is 1.48. The van der Waals surface area contributed by atoms with E-state index in [1.54, 1.807) is 24.3 Å². The van der Waals surface area contributed by atoms with E-state index >= 15 is 0 Å². The van der Waals surface area contributed by atoms with Crippen LogP contribution >= 0.6 is 11.6 Å². The number of carbonyl (C=O) groups excluding carboxylic acids is 2. The summed E-state index contributed by atoms with van der Waals surface area (Å²) in [6.45, 7) is 1.34. The molecule has 0 bridgehead atoms. The van der Waals surface area contributed by atoms with Crippen LogP contribution in [0.1, 0.15) is 12.7 Å². The molecule has 3 aromatic rings. The average molecular weight is 414 g/mol. The Bertz CT molecular complexity index is 957. The van der Waals surface area contributed by atoms with Crippen molar-refractivity contribution >= 4 is 23.5 Å². The van der Waals surface area contributed by atoms with Crippen LogP contribution in [0.15, 0.2) is 71.3 Å². The van der Waals surface area contributed by atoms with Crippen molar-refractivity contribution in [1.29, 1.82) is 0 Å². The van der Waals surface area contributed by atoms with Crippen LogP contribution in [-0.2, 0) is 20.9 Å². The molecule has 150 valence electrons. The second-order valence-electron chi connectivity index (χ2n) is 6.23. The fourth-order valence-electron chi connectivity index (χ4n) is 2.58. The standard InChI is InChI=1S/C22H20ClNO5/c1-15(22(26)24-13-18-8-5-11-27-18)29-21(25)14-28-20-10-9-17(12-19(20)23)16-6-3-2-4-7-16/h2-12,15H,13-14H2,1H3,(H,24,26)/t15-/m1/s1. The first kappa shape index (κ1) is 20.5. The van der Waals surface area contributed by atoms with Gasteiger partial charge in [0.25, 0.3) is 5.91 Å². The van der Waals surface area contributed by atoms with Gasteiger partial charge in [-0.25, -0.2) is 4.79 Å². The van der Waals surface area contributed by atoms with Crippen molar-refractivity contribution in [3.63, 3.8) is 0 Å². The van der Waals surface area contributed by atoms with Gasteiger partial charge in [0.2, 0.25) is 0 Å². The average Bonchev–Trinajstić information content (AvgIpc) is 3.25. The molecule has 0 aliphatic carbocycles. The van der Waals surface area contributed by atoms with Gasteiger partial charge in [-0.05, 0) is 42.3 Å². The third kappa shape index (κ3) is 5.86. The van der Waals surface area contributed by atoms with Crippen LogP contribution in [0.2, 0.25) is 5.02 Å². The summed E-state index contributed by atoms with van der Waals surface area (Å²) in [6.07, 6.45) is 0.553. The van der Waals surface area contributed by atoms with Crippen LogP contribution in [0.4, 0.5) is 0 Å². The van der Waals surface area contributed by atoms with Gasteiger partial charge in [0.1, 0.15) is 11.5 Å². The molecule has 3 rings (SSSR count). The third-order valence-corrected chi connectivity index (χ3v) is 4.37. The molecule has 6 nitrogen and oxygen atoms in total. The van der Waals surface area contributed by atoms with Crippen LogP contribution in [0.25, 0.3) is 11.1 Å². The molecule has 0 aliphatic heterocycles. The summed E-state index contributed by atoms with van der Waals surface area (Å²) in [5, 5.41) is 3.00. The van der Waals surface area contributed by atoms with Crippen molar-refractivity contribution in [3.8, 4) is 16.9 Å². The molecule has 1 N–H and O–H groups in total. The smallest absolute Gasteiger partial charge is 0.344 e. The molecule has 1 heterocycles. The van der Waals surface area contributed by atoms with Crippen LogP contribution in [0.3, 0.4) is 0 Å². The highest BCUT2D eigenvalue weighted by Crippen LogP contribution is 2.30. The zero-order valence-corrected chi connectivity index (χ0v) is 16.5. The summed E-state index contributed by atoms with van der Waals surface area (Å²) in [5.41, 5.74) is 1.96. The van der Waals surface area contributed by atoms with Crippen LogP contribution in [0.5, 0.6) is 5.75 Å². The molecule has 0 unspecified atom stereocenters. The highest BCUT2D eigenvalue weighted by molar-refractivity contribution is 6.32. The fraction of sp³-hybridized carbons (Fsp3) is 0.182. The highest BCUT2D eigenvalue weighted by atomic mass is 35.5. The van der Waals surface area contributed by atoms with Gasteiger partial charge in [-0.3, -0.25) is 4.79 Å². The number of esters is 1. The molecular weight excluding hydrogens is 394 g/mol. The lowest BCUT2D eigenvalue weighted by Crippen LogP contribution is -2.36. The normalized spacial score (nSPS) is 11.5. The van der Waals surface area contributed by atoms with Crippen molar-refractivity contribution in [2.24, 2.45) is 0 Å². The Morgan fingerprint density at radius 2 is 1.86 bits per heavy atom. The number of ether oxygens (including phenoxy) is 2. The maximum atomic E-state index is 12.0. The van der Waals surface area contributed by atoms with E-state index in [0.717, 1.165) is 11.1 Å². The van der Waals surface area contributed by atoms with E-state index in [0.29, 0.717) is 16.5 Å². The first-order chi connectivity index (χ1) is 14.0. The minimum absolute atomic E-state index is 0.216. The Labute approximate surface area is 173 Å². The largest absolute Gasteiger partial charge is 0.480 e. The van der Waals surface area contributed by atoms with Gasteiger partial charge in [-0.1, -0.05) is 48.0 Å². The maximum absolute atomic E-state index is 12.0. The van der Waals surface area contributed by atoms with Crippen molar-refractivity contribution in [3.05, 3.63) is 77.7 Å². The molecule has 29 heavy (non-hydrogen) atoms. The van der Waals surface area contributed by atoms with Crippen molar-refractivity contribution in [1.82, 2.24) is 5.32 Å². The van der Waals surface area contributed by atoms with E-state index in [1.807, 2.05) is 36.4 Å². The number of hydrogen-bond acceptors (Lipinski definition) is 5. The molecule has 0 saturated heterocycles. The zero-order valence-electron chi connectivity index (χ0n) is 15.8. The summed E-state index contributed by atoms with van der Waals surface area (Å²) in [6, 6.07) is 18.5. The number of halogens is 1. The van der Waals surface area contributed by atoms with Gasteiger partial charge >= 0.3 is 5.97 Å². The zero-order chi connectivity index (χ0) is 20.6. The molecule has 1 atom stereocenters. The fourth-order valence-corrected chi connectivity index (χ4v) is 2.82. The molecule has 2 aromatic carbocycles. The van der Waals surface area contributed by atoms with E-state index in [4.69, 9.17) is 25.5 Å². The van der Waals surface area contributed by atoms with E-state index in [9.17, 15) is 9.59 Å². The first-order valence-corrected chi connectivity index (χ1v) is 9.38. The van der Waals surface area contributed by atoms with Gasteiger partial charge in [0, 0.05) is 0 Å². The number of carbonyl (C=O) groups is 2. The topological polar surface area (TPSA) is 77.8 Å². The number of nitrogens with one attached hydrogen (secondary N) is 1. The van der Waals surface area contributed by atoms with Crippen molar-refractivity contribution in [2.75, 3.05) is 6.61 Å². The Morgan fingerprint density at radius 3 is 2.55 bits per heavy atom. The first-order valence-electron chi connectivity index (χ1n) is 9.00. The monoisotopic (exact) mass is 413 g/mol. The quantitative estimate of drug-likeness (QED) is 0.559. The summed E-state index contributed by atoms with van der Waals surface area (Å²) >= 11 is 6.26. The number of amides is 1. The van der Waals surface area contributed by atoms with Crippen LogP contribution < -0.4 is 10.1 Å². The van der Waals surface area contributed by atoms with Crippen LogP contribution in [0, 0.1) is 0 Å². The third-order valence-electron chi connectivity index (χ3n) is 4.08. The Kier molecular flexibility index (Phi) is 6.92. The number of hydrogen-bond donors (Lipinski definition) is 1. The van der Waals surface area contributed by atoms with E-state index in [1.165, 1.54) is 13.2 Å². The van der Waals surface area contributed by atoms with Gasteiger partial charge in [0.05, 0.1) is 17.8 Å². The van der Waals surface area contributed by atoms with Gasteiger partial charge in [-0.2, -0.15) is 0 Å². The number of benzene rings is 2. The maximum Gasteiger partial charge on any atom is 0.344 e. The Morgan fingerprint density at radius 1 is 1.07 bits per heavy atom. The lowest BCUT2D eigenvalue weighted by Gasteiger charge is -2.14. The minimum Gasteiger partial charge on any atom is -0.480 e. The molecule has 1 amide bonds. The second-order valence-corrected chi connectivity index (χ2v) is 6.64. The van der Waals surface area contributed by atoms with E-state index in [-0.39, 0.29) is 13.2 Å². The molecule has 0 aliphatic rings. The lowest BCUT2D eigenvalue weighted by molar-refractivity contribution is -0.156. The lowest BCUT2D eigenvalue weighted by atomic mass is 10.1. The number of furan rings is 1. The van der Waals surface area contributed by atoms with Crippen molar-refractivity contribution < 1.29 is 23.5 Å². The number of rotatable bonds is 8. The highest BCUT2D eigenvalue weighted by Gasteiger charge is 2.18. The minimum atomic E-state index is -0.961. The van der Waals surface area contributed by atoms with Gasteiger partial charge < -0.3 is 19.2 Å². The van der Waals surface area contributed by atoms with Crippen molar-refractivity contribution in [2.45, 2.75) is 19.6 Å². The molecule has 0 saturated carbocycles. The summed E-state index contributed by atoms with van der Waals surface area (Å²) in [7, 11) is 0. The molecule has 0 fully saturated rings. The predicted molar refractivity (Wildman–Crippen MR) is 108 cm³/mol. The second kappa shape index (κ2) is 9.80. The SMILES string of the molecule is C[C@@H](OC(=O)COc1ccc(-c2ccccc2)cc1Cl)C(=O)NCc1ccco1. The summed E-state index contributed by atoms with van der Waals surface area (Å²) in [4.78, 5) is 24.0. The van der Waals surface area contributed by atoms with E-state index < -0.39 is 18.0 Å². The molecule has 1 aromatic heterocycles.